The maximum Gasteiger partial charge on any atom is 0.410 e. The number of thioether (sulfide) groups is 6. The number of hydrogen-bond acceptors (Lipinski definition) is 19. The van der Waals surface area contributed by atoms with Gasteiger partial charge in [0.2, 0.25) is 17.7 Å². The molecule has 8 N–H and O–H groups in total. The number of rotatable bonds is 13. The Morgan fingerprint density at radius 2 is 1.11 bits per heavy atom. The second-order valence-corrected chi connectivity index (χ2v) is 29.6. The second kappa shape index (κ2) is 24.3. The number of piperazine rings is 2. The number of ether oxygens (including phenoxy) is 1. The number of para-hydroxylation sites is 2. The molecule has 21 nitrogen and oxygen atoms in total. The van der Waals surface area contributed by atoms with E-state index in [0.29, 0.717) is 31.7 Å². The van der Waals surface area contributed by atoms with Crippen molar-refractivity contribution in [3.63, 3.8) is 0 Å². The Balaban J connectivity index is 0.640. The van der Waals surface area contributed by atoms with E-state index in [0.717, 1.165) is 62.6 Å². The fraction of sp³-hybridized carbons (Fsp3) is 0.527. The van der Waals surface area contributed by atoms with Gasteiger partial charge in [0.15, 0.2) is 16.1 Å². The van der Waals surface area contributed by atoms with Crippen molar-refractivity contribution in [2.45, 2.75) is 103 Å². The summed E-state index contributed by atoms with van der Waals surface area (Å²) in [4.78, 5) is 120. The summed E-state index contributed by atoms with van der Waals surface area (Å²) in [5, 5.41) is 22.4. The van der Waals surface area contributed by atoms with Gasteiger partial charge >= 0.3 is 12.1 Å². The Kier molecular flexibility index (Phi) is 17.0. The molecular weight excluding hydrogens is 1170 g/mol. The first-order chi connectivity index (χ1) is 39.6. The molecule has 9 heterocycles. The zero-order valence-electron chi connectivity index (χ0n) is 45.2. The van der Waals surface area contributed by atoms with E-state index in [9.17, 15) is 38.4 Å². The summed E-state index contributed by atoms with van der Waals surface area (Å²) in [6.07, 6.45) is 1.38. The quantitative estimate of drug-likeness (QED) is 0.111. The van der Waals surface area contributed by atoms with Crippen LogP contribution in [0.2, 0.25) is 0 Å². The van der Waals surface area contributed by atoms with E-state index in [1.165, 1.54) is 51.9 Å². The summed E-state index contributed by atoms with van der Waals surface area (Å²) in [6, 6.07) is 20.5. The molecule has 0 saturated carbocycles. The number of carbonyl (C=O) groups excluding carboxylic acids is 8. The van der Waals surface area contributed by atoms with Crippen LogP contribution in [0.3, 0.4) is 0 Å². The molecule has 3 aromatic carbocycles. The number of urea groups is 1. The third-order valence-corrected chi connectivity index (χ3v) is 23.8. The highest BCUT2D eigenvalue weighted by atomic mass is 32.2. The monoisotopic (exact) mass is 1230 g/mol. The molecule has 0 aliphatic carbocycles. The number of benzene rings is 3. The molecule has 6 fully saturated rings. The molecule has 6 saturated heterocycles. The fourth-order valence-corrected chi connectivity index (χ4v) is 19.3. The normalized spacial score (nSPS) is 29.1. The number of carbonyl (C=O) groups is 8. The Hall–Kier alpha value is -5.32. The van der Waals surface area contributed by atoms with Gasteiger partial charge in [0.1, 0.15) is 5.60 Å². The third kappa shape index (κ3) is 12.3. The molecule has 436 valence electrons. The van der Waals surface area contributed by atoms with Crippen molar-refractivity contribution in [1.82, 2.24) is 46.2 Å². The van der Waals surface area contributed by atoms with Gasteiger partial charge in [0.25, 0.3) is 17.7 Å². The van der Waals surface area contributed by atoms with E-state index in [1.807, 2.05) is 65.6 Å². The van der Waals surface area contributed by atoms with Crippen molar-refractivity contribution in [1.29, 1.82) is 0 Å². The van der Waals surface area contributed by atoms with E-state index in [4.69, 9.17) is 4.74 Å². The molecule has 9 aliphatic rings. The predicted molar refractivity (Wildman–Crippen MR) is 321 cm³/mol. The summed E-state index contributed by atoms with van der Waals surface area (Å²) < 4.78 is 6.08. The van der Waals surface area contributed by atoms with Crippen molar-refractivity contribution < 1.29 is 43.1 Å². The van der Waals surface area contributed by atoms with Crippen molar-refractivity contribution in [3.8, 4) is 0 Å². The van der Waals surface area contributed by atoms with Crippen LogP contribution in [0.4, 0.5) is 26.7 Å². The number of imide groups is 1. The molecule has 0 spiro atoms. The lowest BCUT2D eigenvalue weighted by atomic mass is 9.97. The van der Waals surface area contributed by atoms with Crippen molar-refractivity contribution in [2.24, 2.45) is 17.8 Å². The molecule has 0 radical (unpaired) electrons. The van der Waals surface area contributed by atoms with Crippen LogP contribution in [0.15, 0.2) is 81.4 Å². The predicted octanol–water partition coefficient (Wildman–Crippen LogP) is 5.05. The molecule has 11 unspecified atom stereocenters. The zero-order chi connectivity index (χ0) is 56.8. The van der Waals surface area contributed by atoms with Gasteiger partial charge in [-0.05, 0) is 86.6 Å². The highest BCUT2D eigenvalue weighted by molar-refractivity contribution is 8.02. The Morgan fingerprint density at radius 3 is 1.71 bits per heavy atom. The van der Waals surface area contributed by atoms with Gasteiger partial charge < -0.3 is 62.0 Å². The van der Waals surface area contributed by atoms with Crippen molar-refractivity contribution >= 4 is 135 Å². The average Bonchev–Trinajstić information content (AvgIpc) is 4.42. The van der Waals surface area contributed by atoms with Gasteiger partial charge in [-0.25, -0.2) is 9.59 Å². The number of nitrogens with one attached hydrogen (secondary N) is 8. The molecule has 3 aromatic rings. The van der Waals surface area contributed by atoms with Gasteiger partial charge in [-0.15, -0.1) is 35.3 Å². The number of hydrogen-bond donors (Lipinski definition) is 8. The molecule has 12 rings (SSSR count). The van der Waals surface area contributed by atoms with Gasteiger partial charge in [0.05, 0.1) is 46.5 Å². The molecule has 11 atom stereocenters. The fourth-order valence-electron chi connectivity index (χ4n) is 12.0. The lowest BCUT2D eigenvalue weighted by Gasteiger charge is -2.38. The van der Waals surface area contributed by atoms with E-state index in [1.54, 1.807) is 47.2 Å². The first kappa shape index (κ1) is 57.1. The maximum absolute atomic E-state index is 14.7. The zero-order valence-corrected chi connectivity index (χ0v) is 50.1. The molecule has 0 bridgehead atoms. The minimum absolute atomic E-state index is 0.0899. The first-order valence-corrected chi connectivity index (χ1v) is 33.6. The minimum atomic E-state index is -1.04. The van der Waals surface area contributed by atoms with Crippen molar-refractivity contribution in [3.05, 3.63) is 72.3 Å². The number of anilines is 3. The average molecular weight is 1230 g/mol. The molecule has 27 heteroatoms. The van der Waals surface area contributed by atoms with Gasteiger partial charge in [-0.2, -0.15) is 0 Å². The van der Waals surface area contributed by atoms with Gasteiger partial charge in [-0.3, -0.25) is 33.7 Å². The molecule has 0 aromatic heterocycles. The minimum Gasteiger partial charge on any atom is -0.443 e. The highest BCUT2D eigenvalue weighted by Crippen LogP contribution is 2.51. The van der Waals surface area contributed by atoms with Gasteiger partial charge in [-0.1, -0.05) is 65.6 Å². The van der Waals surface area contributed by atoms with Crippen molar-refractivity contribution in [2.75, 3.05) is 86.4 Å². The van der Waals surface area contributed by atoms with E-state index in [2.05, 4.69) is 48.6 Å². The summed E-state index contributed by atoms with van der Waals surface area (Å²) >= 11 is 8.92. The standard InChI is InChI=1S/C55H66N12O9S6/c1-55(2,27-30-28-67(53(74)57-30)52(73)32-14-24-78-45(32)62-41(68)47-58-34-7-3-5-9-37(34)79-47)76-54(75)66-21-19-65(20-22-66)51(72)33-26-39(81-46(33)63-43(70)48-59-35-8-4-6-10-38(35)80-48)29-11-12-36-40(25-29)82-49(60-36)42(69)61-44-31(13-23-77-44)50(71)64-17-15-56-16-18-64/h3-12,25,30-33,39,44-49,56,58-60H,13-24,26-28H2,1-2H3,(H,57,74)(H,61,69)(H,62,68)(H,63,70). The van der Waals surface area contributed by atoms with Crippen LogP contribution >= 0.6 is 70.6 Å². The van der Waals surface area contributed by atoms with E-state index < -0.39 is 62.5 Å². The Labute approximate surface area is 501 Å². The summed E-state index contributed by atoms with van der Waals surface area (Å²) in [5.41, 5.74) is 2.53. The SMILES string of the molecule is CC(C)(CC1CN(C(=O)C2CCSC2NC(=O)C2Nc3ccccc3S2)C(=O)N1)OC(=O)N1CCN(C(=O)C2CC(c3ccc4c(c3)SC(C(=O)NC3SCCC3C(=O)N3CCNCC3)N4)SC2NC(=O)C2Nc3ccccc3S2)CC1. The maximum atomic E-state index is 14.7. The molecular formula is C55H66N12O9S6. The van der Waals surface area contributed by atoms with Crippen LogP contribution < -0.4 is 42.5 Å². The van der Waals surface area contributed by atoms with E-state index in [-0.39, 0.29) is 91.1 Å². The highest BCUT2D eigenvalue weighted by Gasteiger charge is 2.48. The topological polar surface area (TPSA) is 255 Å². The molecule has 82 heavy (non-hydrogen) atoms. The number of fused-ring (bicyclic) bond motifs is 3. The van der Waals surface area contributed by atoms with Gasteiger partial charge in [0, 0.05) is 95.8 Å². The van der Waals surface area contributed by atoms with Crippen LogP contribution in [-0.2, 0) is 33.5 Å². The second-order valence-electron chi connectivity index (χ2n) is 22.3. The van der Waals surface area contributed by atoms with Crippen LogP contribution in [-0.4, -0.2) is 181 Å². The third-order valence-electron chi connectivity index (χ3n) is 16.2. The Bertz CT molecular complexity index is 2970. The number of nitrogens with zero attached hydrogens (tertiary/aromatic N) is 4. The van der Waals surface area contributed by atoms with Crippen LogP contribution in [0.5, 0.6) is 0 Å². The van der Waals surface area contributed by atoms with Crippen LogP contribution in [0.25, 0.3) is 0 Å². The molecule has 9 amide bonds. The van der Waals surface area contributed by atoms with Crippen LogP contribution in [0.1, 0.15) is 50.3 Å². The summed E-state index contributed by atoms with van der Waals surface area (Å²) in [6.45, 7) is 7.45. The lowest BCUT2D eigenvalue weighted by molar-refractivity contribution is -0.138. The number of amides is 9. The van der Waals surface area contributed by atoms with E-state index >= 15 is 0 Å². The lowest BCUT2D eigenvalue weighted by Crippen LogP contribution is -2.55. The molecule has 9 aliphatic heterocycles. The smallest absolute Gasteiger partial charge is 0.410 e. The summed E-state index contributed by atoms with van der Waals surface area (Å²) in [5.74, 6) is -0.960. The largest absolute Gasteiger partial charge is 0.443 e. The first-order valence-electron chi connectivity index (χ1n) is 27.9. The summed E-state index contributed by atoms with van der Waals surface area (Å²) in [7, 11) is 0. The Morgan fingerprint density at radius 1 is 0.598 bits per heavy atom. The van der Waals surface area contributed by atoms with Crippen LogP contribution in [0, 0.1) is 17.8 Å².